The van der Waals surface area contributed by atoms with E-state index in [1.54, 1.807) is 12.4 Å². The van der Waals surface area contributed by atoms with Gasteiger partial charge in [0.25, 0.3) is 5.91 Å². The van der Waals surface area contributed by atoms with Gasteiger partial charge in [-0.15, -0.1) is 0 Å². The van der Waals surface area contributed by atoms with Crippen LogP contribution >= 0.6 is 0 Å². The molecule has 2 aromatic heterocycles. The summed E-state index contributed by atoms with van der Waals surface area (Å²) in [5.74, 6) is 0.0846. The number of hydrogen-bond acceptors (Lipinski definition) is 4. The van der Waals surface area contributed by atoms with Crippen molar-refractivity contribution >= 4 is 22.6 Å². The summed E-state index contributed by atoms with van der Waals surface area (Å²) in [6, 6.07) is 19.8. The summed E-state index contributed by atoms with van der Waals surface area (Å²) in [7, 11) is 0. The van der Waals surface area contributed by atoms with E-state index in [0.29, 0.717) is 0 Å². The van der Waals surface area contributed by atoms with Gasteiger partial charge in [-0.1, -0.05) is 12.1 Å². The average molecular weight is 383 g/mol. The van der Waals surface area contributed by atoms with Gasteiger partial charge < -0.3 is 9.80 Å². The number of nitrogens with zero attached hydrogens (tertiary/aromatic N) is 5. The Morgan fingerprint density at radius 3 is 2.28 bits per heavy atom. The summed E-state index contributed by atoms with van der Waals surface area (Å²) < 4.78 is 2.04. The number of carbonyl (C=O) groups excluding carboxylic acids is 1. The number of para-hydroxylation sites is 2. The Hall–Kier alpha value is -3.67. The van der Waals surface area contributed by atoms with Crippen LogP contribution in [0.1, 0.15) is 10.4 Å². The summed E-state index contributed by atoms with van der Waals surface area (Å²) in [6.45, 7) is 3.09. The van der Waals surface area contributed by atoms with Crippen LogP contribution in [0.15, 0.2) is 79.4 Å². The van der Waals surface area contributed by atoms with Crippen LogP contribution in [0, 0.1) is 0 Å². The molecule has 3 heterocycles. The Morgan fingerprint density at radius 1 is 0.793 bits per heavy atom. The monoisotopic (exact) mass is 383 g/mol. The Labute approximate surface area is 169 Å². The van der Waals surface area contributed by atoms with E-state index in [9.17, 15) is 4.79 Å². The van der Waals surface area contributed by atoms with Crippen LogP contribution in [0.5, 0.6) is 0 Å². The van der Waals surface area contributed by atoms with Gasteiger partial charge in [0.1, 0.15) is 6.33 Å². The summed E-state index contributed by atoms with van der Waals surface area (Å²) >= 11 is 0. The fraction of sp³-hybridized carbons (Fsp3) is 0.174. The van der Waals surface area contributed by atoms with E-state index in [2.05, 4.69) is 14.9 Å². The first-order valence-electron chi connectivity index (χ1n) is 9.76. The van der Waals surface area contributed by atoms with Gasteiger partial charge in [0.05, 0.1) is 11.0 Å². The third kappa shape index (κ3) is 3.33. The maximum Gasteiger partial charge on any atom is 0.253 e. The first-order chi connectivity index (χ1) is 14.3. The molecule has 0 atom stereocenters. The zero-order valence-corrected chi connectivity index (χ0v) is 16.0. The maximum atomic E-state index is 12.9. The van der Waals surface area contributed by atoms with E-state index in [4.69, 9.17) is 0 Å². The van der Waals surface area contributed by atoms with E-state index < -0.39 is 0 Å². The molecule has 0 spiro atoms. The number of rotatable bonds is 3. The molecule has 1 amide bonds. The topological polar surface area (TPSA) is 54.3 Å². The second kappa shape index (κ2) is 7.39. The number of pyridine rings is 1. The second-order valence-electron chi connectivity index (χ2n) is 7.13. The third-order valence-electron chi connectivity index (χ3n) is 5.44. The summed E-state index contributed by atoms with van der Waals surface area (Å²) in [5.41, 5.74) is 4.89. The van der Waals surface area contributed by atoms with Crippen molar-refractivity contribution < 1.29 is 4.79 Å². The number of amides is 1. The molecule has 6 heteroatoms. The van der Waals surface area contributed by atoms with Crippen molar-refractivity contribution in [1.29, 1.82) is 0 Å². The number of imidazole rings is 1. The minimum atomic E-state index is 0.0846. The van der Waals surface area contributed by atoms with Gasteiger partial charge in [-0.05, 0) is 48.5 Å². The molecule has 29 heavy (non-hydrogen) atoms. The molecule has 0 bridgehead atoms. The van der Waals surface area contributed by atoms with E-state index in [-0.39, 0.29) is 5.91 Å². The van der Waals surface area contributed by atoms with Gasteiger partial charge in [-0.3, -0.25) is 14.3 Å². The van der Waals surface area contributed by atoms with Crippen molar-refractivity contribution in [3.05, 3.63) is 84.9 Å². The normalized spacial score (nSPS) is 14.3. The SMILES string of the molecule is O=C(c1ccc(-n2cnc3ccccc32)cc1)N1CCN(c2ccncc2)CC1. The number of aromatic nitrogens is 3. The first kappa shape index (κ1) is 17.4. The van der Waals surface area contributed by atoms with Crippen molar-refractivity contribution in [1.82, 2.24) is 19.4 Å². The molecule has 4 aromatic rings. The second-order valence-corrected chi connectivity index (χ2v) is 7.13. The molecule has 1 aliphatic rings. The predicted molar refractivity (Wildman–Crippen MR) is 113 cm³/mol. The Kier molecular flexibility index (Phi) is 4.44. The molecular formula is C23H21N5O. The minimum absolute atomic E-state index is 0.0846. The van der Waals surface area contributed by atoms with Crippen molar-refractivity contribution in [3.63, 3.8) is 0 Å². The zero-order valence-electron chi connectivity index (χ0n) is 16.0. The quantitative estimate of drug-likeness (QED) is 0.544. The Bertz CT molecular complexity index is 1130. The van der Waals surface area contributed by atoms with Gasteiger partial charge in [0.15, 0.2) is 0 Å². The number of carbonyl (C=O) groups is 1. The highest BCUT2D eigenvalue weighted by Crippen LogP contribution is 2.20. The first-order valence-corrected chi connectivity index (χ1v) is 9.76. The van der Waals surface area contributed by atoms with Gasteiger partial charge in [0, 0.05) is 55.5 Å². The summed E-state index contributed by atoms with van der Waals surface area (Å²) in [6.07, 6.45) is 5.43. The molecule has 0 saturated carbocycles. The fourth-order valence-corrected chi connectivity index (χ4v) is 3.83. The largest absolute Gasteiger partial charge is 0.368 e. The number of fused-ring (bicyclic) bond motifs is 1. The highest BCUT2D eigenvalue weighted by atomic mass is 16.2. The number of piperazine rings is 1. The van der Waals surface area contributed by atoms with Crippen LogP contribution in [-0.2, 0) is 0 Å². The smallest absolute Gasteiger partial charge is 0.253 e. The molecule has 1 saturated heterocycles. The molecule has 0 radical (unpaired) electrons. The molecule has 6 nitrogen and oxygen atoms in total. The van der Waals surface area contributed by atoms with E-state index >= 15 is 0 Å². The lowest BCUT2D eigenvalue weighted by Gasteiger charge is -2.36. The lowest BCUT2D eigenvalue weighted by Crippen LogP contribution is -2.48. The molecule has 2 aromatic carbocycles. The standard InChI is InChI=1S/C23H21N5O/c29-23(27-15-13-26(14-16-27)19-9-11-24-12-10-19)18-5-7-20(8-6-18)28-17-25-21-3-1-2-4-22(21)28/h1-12,17H,13-16H2. The van der Waals surface area contributed by atoms with Crippen molar-refractivity contribution in [2.24, 2.45) is 0 Å². The molecular weight excluding hydrogens is 362 g/mol. The molecule has 0 N–H and O–H groups in total. The highest BCUT2D eigenvalue weighted by Gasteiger charge is 2.22. The van der Waals surface area contributed by atoms with Crippen LogP contribution in [0.25, 0.3) is 16.7 Å². The molecule has 144 valence electrons. The third-order valence-corrected chi connectivity index (χ3v) is 5.44. The van der Waals surface area contributed by atoms with Crippen molar-refractivity contribution in [2.45, 2.75) is 0 Å². The zero-order chi connectivity index (χ0) is 19.6. The molecule has 0 aliphatic carbocycles. The van der Waals surface area contributed by atoms with Crippen molar-refractivity contribution in [2.75, 3.05) is 31.1 Å². The fourth-order valence-electron chi connectivity index (χ4n) is 3.83. The lowest BCUT2D eigenvalue weighted by atomic mass is 10.1. The van der Waals surface area contributed by atoms with Gasteiger partial charge in [-0.2, -0.15) is 0 Å². The average Bonchev–Trinajstić information content (AvgIpc) is 3.24. The lowest BCUT2D eigenvalue weighted by molar-refractivity contribution is 0.0747. The van der Waals surface area contributed by atoms with Crippen LogP contribution in [-0.4, -0.2) is 51.5 Å². The van der Waals surface area contributed by atoms with Crippen molar-refractivity contribution in [3.8, 4) is 5.69 Å². The predicted octanol–water partition coefficient (Wildman–Crippen LogP) is 3.38. The van der Waals surface area contributed by atoms with Gasteiger partial charge in [0.2, 0.25) is 0 Å². The molecule has 5 rings (SSSR count). The van der Waals surface area contributed by atoms with Crippen LogP contribution < -0.4 is 4.90 Å². The van der Waals surface area contributed by atoms with E-state index in [0.717, 1.165) is 54.2 Å². The Balaban J connectivity index is 1.29. The summed E-state index contributed by atoms with van der Waals surface area (Å²) in [5, 5.41) is 0. The van der Waals surface area contributed by atoms with E-state index in [1.807, 2.05) is 76.5 Å². The van der Waals surface area contributed by atoms with Gasteiger partial charge in [-0.25, -0.2) is 4.98 Å². The van der Waals surface area contributed by atoms with Crippen LogP contribution in [0.3, 0.4) is 0 Å². The maximum absolute atomic E-state index is 12.9. The van der Waals surface area contributed by atoms with Gasteiger partial charge >= 0.3 is 0 Å². The summed E-state index contributed by atoms with van der Waals surface area (Å²) in [4.78, 5) is 25.7. The molecule has 1 fully saturated rings. The number of anilines is 1. The Morgan fingerprint density at radius 2 is 1.52 bits per heavy atom. The highest BCUT2D eigenvalue weighted by molar-refractivity contribution is 5.94. The van der Waals surface area contributed by atoms with E-state index in [1.165, 1.54) is 0 Å². The van der Waals surface area contributed by atoms with Crippen LogP contribution in [0.4, 0.5) is 5.69 Å². The number of hydrogen-bond donors (Lipinski definition) is 0. The minimum Gasteiger partial charge on any atom is -0.368 e. The molecule has 0 unspecified atom stereocenters. The number of benzene rings is 2. The van der Waals surface area contributed by atoms with Crippen LogP contribution in [0.2, 0.25) is 0 Å². The molecule has 1 aliphatic heterocycles.